The van der Waals surface area contributed by atoms with Crippen molar-refractivity contribution in [1.29, 1.82) is 0 Å². The third-order valence-electron chi connectivity index (χ3n) is 2.91. The van der Waals surface area contributed by atoms with Crippen molar-refractivity contribution in [3.05, 3.63) is 29.8 Å². The molecule has 18 heavy (non-hydrogen) atoms. The highest BCUT2D eigenvalue weighted by atomic mass is 16.5. The molecule has 0 saturated heterocycles. The molecule has 1 N–H and O–H groups in total. The standard InChI is InChI=1S/C15H17NO2/c1-3-10-18-14-5-4-13(11-15(14)17-2)12-6-8-16-9-7-12/h1,4-6,11,16H,7-10H2,2H3. The Morgan fingerprint density at radius 3 is 2.94 bits per heavy atom. The summed E-state index contributed by atoms with van der Waals surface area (Å²) < 4.78 is 10.8. The summed E-state index contributed by atoms with van der Waals surface area (Å²) in [5, 5.41) is 3.30. The lowest BCUT2D eigenvalue weighted by molar-refractivity contribution is 0.331. The summed E-state index contributed by atoms with van der Waals surface area (Å²) in [4.78, 5) is 0. The van der Waals surface area contributed by atoms with Gasteiger partial charge < -0.3 is 14.8 Å². The maximum absolute atomic E-state index is 5.43. The lowest BCUT2D eigenvalue weighted by atomic mass is 10.00. The van der Waals surface area contributed by atoms with Crippen LogP contribution in [-0.4, -0.2) is 26.8 Å². The van der Waals surface area contributed by atoms with Gasteiger partial charge in [-0.15, -0.1) is 6.42 Å². The Morgan fingerprint density at radius 1 is 1.39 bits per heavy atom. The molecule has 0 aromatic heterocycles. The first-order valence-corrected chi connectivity index (χ1v) is 5.99. The van der Waals surface area contributed by atoms with Gasteiger partial charge in [0.25, 0.3) is 0 Å². The van der Waals surface area contributed by atoms with E-state index in [4.69, 9.17) is 15.9 Å². The summed E-state index contributed by atoms with van der Waals surface area (Å²) in [6.45, 7) is 2.19. The maximum atomic E-state index is 5.43. The fourth-order valence-corrected chi connectivity index (χ4v) is 1.99. The minimum atomic E-state index is 0.252. The van der Waals surface area contributed by atoms with Crippen molar-refractivity contribution in [3.63, 3.8) is 0 Å². The molecule has 1 aromatic rings. The molecule has 0 unspecified atom stereocenters. The Kier molecular flexibility index (Phi) is 4.27. The van der Waals surface area contributed by atoms with Crippen LogP contribution >= 0.6 is 0 Å². The lowest BCUT2D eigenvalue weighted by Gasteiger charge is -2.16. The summed E-state index contributed by atoms with van der Waals surface area (Å²) in [5.74, 6) is 3.86. The van der Waals surface area contributed by atoms with Crippen LogP contribution in [0.25, 0.3) is 5.57 Å². The summed E-state index contributed by atoms with van der Waals surface area (Å²) >= 11 is 0. The molecule has 0 spiro atoms. The van der Waals surface area contributed by atoms with Gasteiger partial charge >= 0.3 is 0 Å². The summed E-state index contributed by atoms with van der Waals surface area (Å²) in [5.41, 5.74) is 2.52. The molecular formula is C15H17NO2. The monoisotopic (exact) mass is 243 g/mol. The molecule has 0 bridgehead atoms. The van der Waals surface area contributed by atoms with Crippen LogP contribution in [0, 0.1) is 12.3 Å². The van der Waals surface area contributed by atoms with Gasteiger partial charge in [0.1, 0.15) is 6.61 Å². The Hall–Kier alpha value is -1.92. The van der Waals surface area contributed by atoms with Crippen molar-refractivity contribution in [2.24, 2.45) is 0 Å². The number of methoxy groups -OCH3 is 1. The Labute approximate surface area is 108 Å². The molecule has 0 radical (unpaired) electrons. The molecule has 0 saturated carbocycles. The maximum Gasteiger partial charge on any atom is 0.162 e. The van der Waals surface area contributed by atoms with Crippen LogP contribution in [0.4, 0.5) is 0 Å². The average molecular weight is 243 g/mol. The van der Waals surface area contributed by atoms with Gasteiger partial charge in [-0.2, -0.15) is 0 Å². The Balaban J connectivity index is 2.24. The van der Waals surface area contributed by atoms with Crippen molar-refractivity contribution in [2.45, 2.75) is 6.42 Å². The zero-order chi connectivity index (χ0) is 12.8. The molecule has 1 aliphatic heterocycles. The van der Waals surface area contributed by atoms with Gasteiger partial charge in [0.05, 0.1) is 7.11 Å². The molecule has 2 rings (SSSR count). The largest absolute Gasteiger partial charge is 0.493 e. The molecule has 3 nitrogen and oxygen atoms in total. The molecule has 1 aliphatic rings. The van der Waals surface area contributed by atoms with Gasteiger partial charge in [0.15, 0.2) is 11.5 Å². The molecule has 0 aliphatic carbocycles. The highest BCUT2D eigenvalue weighted by Crippen LogP contribution is 2.31. The number of ether oxygens (including phenoxy) is 2. The van der Waals surface area contributed by atoms with Crippen LogP contribution < -0.4 is 14.8 Å². The quantitative estimate of drug-likeness (QED) is 0.821. The SMILES string of the molecule is C#CCOc1ccc(C2=CCNCC2)cc1OC. The molecule has 0 atom stereocenters. The fourth-order valence-electron chi connectivity index (χ4n) is 1.99. The number of rotatable bonds is 4. The van der Waals surface area contributed by atoms with E-state index in [2.05, 4.69) is 17.3 Å². The van der Waals surface area contributed by atoms with Gasteiger partial charge in [-0.25, -0.2) is 0 Å². The summed E-state index contributed by atoms with van der Waals surface area (Å²) in [6, 6.07) is 5.96. The van der Waals surface area contributed by atoms with Crippen molar-refractivity contribution < 1.29 is 9.47 Å². The van der Waals surface area contributed by atoms with E-state index < -0.39 is 0 Å². The second-order valence-corrected chi connectivity index (χ2v) is 4.04. The zero-order valence-corrected chi connectivity index (χ0v) is 10.5. The van der Waals surface area contributed by atoms with Crippen molar-refractivity contribution >= 4 is 5.57 Å². The van der Waals surface area contributed by atoms with E-state index in [1.807, 2.05) is 18.2 Å². The van der Waals surface area contributed by atoms with E-state index in [1.54, 1.807) is 7.11 Å². The number of nitrogens with one attached hydrogen (secondary N) is 1. The first kappa shape index (κ1) is 12.5. The van der Waals surface area contributed by atoms with E-state index in [-0.39, 0.29) is 6.61 Å². The second kappa shape index (κ2) is 6.13. The number of hydrogen-bond donors (Lipinski definition) is 1. The van der Waals surface area contributed by atoms with Crippen molar-refractivity contribution in [3.8, 4) is 23.8 Å². The van der Waals surface area contributed by atoms with E-state index in [0.717, 1.165) is 25.3 Å². The first-order chi connectivity index (χ1) is 8.85. The van der Waals surface area contributed by atoms with Crippen LogP contribution in [0.2, 0.25) is 0 Å². The Morgan fingerprint density at radius 2 is 2.28 bits per heavy atom. The normalized spacial score (nSPS) is 14.6. The van der Waals surface area contributed by atoms with Crippen LogP contribution in [0.15, 0.2) is 24.3 Å². The third kappa shape index (κ3) is 2.85. The van der Waals surface area contributed by atoms with Crippen molar-refractivity contribution in [2.75, 3.05) is 26.8 Å². The van der Waals surface area contributed by atoms with Gasteiger partial charge in [-0.3, -0.25) is 0 Å². The summed E-state index contributed by atoms with van der Waals surface area (Å²) in [6.07, 6.45) is 8.43. The topological polar surface area (TPSA) is 30.5 Å². The van der Waals surface area contributed by atoms with E-state index in [9.17, 15) is 0 Å². The molecule has 1 heterocycles. The van der Waals surface area contributed by atoms with Gasteiger partial charge in [0.2, 0.25) is 0 Å². The highest BCUT2D eigenvalue weighted by Gasteiger charge is 2.10. The van der Waals surface area contributed by atoms with E-state index in [0.29, 0.717) is 5.75 Å². The average Bonchev–Trinajstić information content (AvgIpc) is 2.46. The molecule has 3 heteroatoms. The van der Waals surface area contributed by atoms with Crippen molar-refractivity contribution in [1.82, 2.24) is 5.32 Å². The van der Waals surface area contributed by atoms with Crippen LogP contribution in [0.3, 0.4) is 0 Å². The van der Waals surface area contributed by atoms with Gasteiger partial charge in [0, 0.05) is 6.54 Å². The smallest absolute Gasteiger partial charge is 0.162 e. The molecule has 94 valence electrons. The third-order valence-corrected chi connectivity index (χ3v) is 2.91. The predicted octanol–water partition coefficient (Wildman–Crippen LogP) is 2.08. The number of benzene rings is 1. The summed E-state index contributed by atoms with van der Waals surface area (Å²) in [7, 11) is 1.64. The van der Waals surface area contributed by atoms with Crippen LogP contribution in [0.1, 0.15) is 12.0 Å². The zero-order valence-electron chi connectivity index (χ0n) is 10.5. The van der Waals surface area contributed by atoms with E-state index >= 15 is 0 Å². The second-order valence-electron chi connectivity index (χ2n) is 4.04. The molecule has 0 fully saturated rings. The van der Waals surface area contributed by atoms with Crippen LogP contribution in [0.5, 0.6) is 11.5 Å². The predicted molar refractivity (Wildman–Crippen MR) is 72.8 cm³/mol. The van der Waals surface area contributed by atoms with Gasteiger partial charge in [-0.05, 0) is 36.2 Å². The number of hydrogen-bond acceptors (Lipinski definition) is 3. The molecule has 1 aromatic carbocycles. The lowest BCUT2D eigenvalue weighted by Crippen LogP contribution is -2.20. The van der Waals surface area contributed by atoms with Crippen LogP contribution in [-0.2, 0) is 0 Å². The minimum absolute atomic E-state index is 0.252. The first-order valence-electron chi connectivity index (χ1n) is 5.99. The Bertz CT molecular complexity index is 486. The fraction of sp³-hybridized carbons (Fsp3) is 0.333. The molecular weight excluding hydrogens is 226 g/mol. The number of terminal acetylenes is 1. The highest BCUT2D eigenvalue weighted by molar-refractivity contribution is 5.69. The van der Waals surface area contributed by atoms with E-state index in [1.165, 1.54) is 11.1 Å². The molecule has 0 amide bonds. The minimum Gasteiger partial charge on any atom is -0.493 e. The van der Waals surface area contributed by atoms with Gasteiger partial charge in [-0.1, -0.05) is 18.1 Å².